The van der Waals surface area contributed by atoms with Crippen LogP contribution >= 0.6 is 0 Å². The van der Waals surface area contributed by atoms with E-state index < -0.39 is 124 Å². The van der Waals surface area contributed by atoms with Gasteiger partial charge in [0.15, 0.2) is 18.9 Å². The number of carbonyl (C=O) groups excluding carboxylic acids is 1. The molecule has 108 heavy (non-hydrogen) atoms. The summed E-state index contributed by atoms with van der Waals surface area (Å²) in [7, 11) is 0. The molecule has 0 aromatic rings. The Labute approximate surface area is 656 Å². The molecule has 19 nitrogen and oxygen atoms in total. The number of rotatable bonds is 73. The largest absolute Gasteiger partial charge is 0.394 e. The Morgan fingerprint density at radius 2 is 0.620 bits per heavy atom. The summed E-state index contributed by atoms with van der Waals surface area (Å²) >= 11 is 0. The monoisotopic (exact) mass is 1540 g/mol. The van der Waals surface area contributed by atoms with E-state index in [-0.39, 0.29) is 18.9 Å². The molecular weight excluding hydrogens is 1370 g/mol. The lowest BCUT2D eigenvalue weighted by Crippen LogP contribution is -2.66. The number of nitrogens with one attached hydrogen (secondary N) is 1. The highest BCUT2D eigenvalue weighted by molar-refractivity contribution is 5.76. The molecule has 0 aromatic heterocycles. The molecule has 17 unspecified atom stereocenters. The lowest BCUT2D eigenvalue weighted by molar-refractivity contribution is -0.379. The summed E-state index contributed by atoms with van der Waals surface area (Å²) in [6, 6.07) is -0.991. The van der Waals surface area contributed by atoms with Crippen molar-refractivity contribution in [3.63, 3.8) is 0 Å². The van der Waals surface area contributed by atoms with Gasteiger partial charge in [-0.15, -0.1) is 0 Å². The fourth-order valence-corrected chi connectivity index (χ4v) is 15.2. The van der Waals surface area contributed by atoms with Crippen molar-refractivity contribution in [2.45, 2.75) is 484 Å². The molecule has 634 valence electrons. The number of hydrogen-bond donors (Lipinski definition) is 12. The van der Waals surface area contributed by atoms with Crippen LogP contribution in [0.3, 0.4) is 0 Å². The molecule has 1 amide bonds. The van der Waals surface area contributed by atoms with Crippen LogP contribution in [0.15, 0.2) is 48.6 Å². The molecule has 12 N–H and O–H groups in total. The number of unbranched alkanes of at least 4 members (excludes halogenated alkanes) is 51. The maximum Gasteiger partial charge on any atom is 0.220 e. The predicted octanol–water partition coefficient (Wildman–Crippen LogP) is 16.8. The molecule has 0 aromatic carbocycles. The van der Waals surface area contributed by atoms with Crippen molar-refractivity contribution >= 4 is 5.91 Å². The topological polar surface area (TPSA) is 307 Å². The van der Waals surface area contributed by atoms with E-state index in [2.05, 4.69) is 55.6 Å². The molecule has 0 bridgehead atoms. The van der Waals surface area contributed by atoms with Crippen LogP contribution in [0.4, 0.5) is 0 Å². The predicted molar refractivity (Wildman–Crippen MR) is 434 cm³/mol. The Kier molecular flexibility index (Phi) is 63.9. The first-order chi connectivity index (χ1) is 52.8. The fourth-order valence-electron chi connectivity index (χ4n) is 15.2. The second-order valence-corrected chi connectivity index (χ2v) is 32.1. The van der Waals surface area contributed by atoms with Crippen molar-refractivity contribution in [2.24, 2.45) is 0 Å². The van der Waals surface area contributed by atoms with Gasteiger partial charge in [0.1, 0.15) is 73.2 Å². The first kappa shape index (κ1) is 99.9. The number of amides is 1. The van der Waals surface area contributed by atoms with Crippen LogP contribution in [-0.2, 0) is 33.2 Å². The number of allylic oxidation sites excluding steroid dienone is 7. The molecule has 3 saturated heterocycles. The maximum absolute atomic E-state index is 13.5. The van der Waals surface area contributed by atoms with Gasteiger partial charge in [0, 0.05) is 6.42 Å². The summed E-state index contributed by atoms with van der Waals surface area (Å²) in [5.74, 6) is -0.278. The minimum absolute atomic E-state index is 0.239. The molecule has 0 aliphatic carbocycles. The Morgan fingerprint density at radius 1 is 0.333 bits per heavy atom. The molecule has 0 saturated carbocycles. The van der Waals surface area contributed by atoms with E-state index in [1.165, 1.54) is 302 Å². The molecule has 19 heteroatoms. The molecule has 3 rings (SSSR count). The molecular formula is C89H165NO18. The summed E-state index contributed by atoms with van der Waals surface area (Å²) in [4.78, 5) is 13.5. The quantitative estimate of drug-likeness (QED) is 0.0199. The van der Waals surface area contributed by atoms with Crippen molar-refractivity contribution < 1.29 is 89.4 Å². The first-order valence-corrected chi connectivity index (χ1v) is 44.9. The van der Waals surface area contributed by atoms with Crippen LogP contribution in [0.2, 0.25) is 0 Å². The lowest BCUT2D eigenvalue weighted by Gasteiger charge is -2.48. The van der Waals surface area contributed by atoms with E-state index in [0.29, 0.717) is 12.8 Å². The van der Waals surface area contributed by atoms with Gasteiger partial charge >= 0.3 is 0 Å². The average Bonchev–Trinajstić information content (AvgIpc) is 0.774. The zero-order chi connectivity index (χ0) is 78.1. The molecule has 3 aliphatic heterocycles. The number of aliphatic hydroxyl groups is 11. The van der Waals surface area contributed by atoms with Crippen molar-refractivity contribution in [2.75, 3.05) is 26.4 Å². The molecule has 3 heterocycles. The number of hydrogen-bond acceptors (Lipinski definition) is 18. The van der Waals surface area contributed by atoms with Crippen LogP contribution in [0.25, 0.3) is 0 Å². The summed E-state index contributed by atoms with van der Waals surface area (Å²) in [6.45, 7) is 1.77. The van der Waals surface area contributed by atoms with Crippen LogP contribution in [0.5, 0.6) is 0 Å². The highest BCUT2D eigenvalue weighted by Gasteiger charge is 2.54. The Bertz CT molecular complexity index is 2130. The third kappa shape index (κ3) is 47.6. The SMILES string of the molecule is CCCCCCC/C=C\C/C=C\CCCCCCCCCCCCCCCCCCCCCCCCCC(=O)NC(COC1OC(CO)C(OC2OC(CO)C(OC3OC(CO)C(O)C(O)C3O)C(O)C2O)C(O)C1O)C(O)/C=C/CC/C=C/CCCCCCCCCCCCCCCCCCCCCCCC. The average molecular weight is 1540 g/mol. The lowest BCUT2D eigenvalue weighted by atomic mass is 9.96. The highest BCUT2D eigenvalue weighted by atomic mass is 16.8. The normalized spacial score (nSPS) is 25.6. The summed E-state index contributed by atoms with van der Waals surface area (Å²) in [5.41, 5.74) is 0. The van der Waals surface area contributed by atoms with E-state index in [4.69, 9.17) is 28.4 Å². The first-order valence-electron chi connectivity index (χ1n) is 44.9. The zero-order valence-corrected chi connectivity index (χ0v) is 68.3. The van der Waals surface area contributed by atoms with E-state index in [0.717, 1.165) is 44.9 Å². The van der Waals surface area contributed by atoms with Gasteiger partial charge in [-0.05, 0) is 64.2 Å². The second kappa shape index (κ2) is 69.1. The molecule has 3 fully saturated rings. The smallest absolute Gasteiger partial charge is 0.220 e. The van der Waals surface area contributed by atoms with Gasteiger partial charge < -0.3 is 89.9 Å². The minimum Gasteiger partial charge on any atom is -0.394 e. The molecule has 0 spiro atoms. The van der Waals surface area contributed by atoms with Gasteiger partial charge in [0.2, 0.25) is 5.91 Å². The van der Waals surface area contributed by atoms with Crippen LogP contribution in [-0.4, -0.2) is 193 Å². The van der Waals surface area contributed by atoms with Gasteiger partial charge in [0.05, 0.1) is 38.6 Å². The number of aliphatic hydroxyl groups excluding tert-OH is 11. The highest BCUT2D eigenvalue weighted by Crippen LogP contribution is 2.34. The Hall–Kier alpha value is -2.25. The summed E-state index contributed by atoms with van der Waals surface area (Å²) < 4.78 is 34.5. The van der Waals surface area contributed by atoms with Crippen molar-refractivity contribution in [1.82, 2.24) is 5.32 Å². The summed E-state index contributed by atoms with van der Waals surface area (Å²) in [6.07, 6.45) is 62.7. The van der Waals surface area contributed by atoms with E-state index >= 15 is 0 Å². The third-order valence-electron chi connectivity index (χ3n) is 22.3. The minimum atomic E-state index is -1.98. The van der Waals surface area contributed by atoms with Crippen LogP contribution in [0.1, 0.15) is 380 Å². The van der Waals surface area contributed by atoms with Gasteiger partial charge in [-0.2, -0.15) is 0 Å². The van der Waals surface area contributed by atoms with Gasteiger partial charge in [-0.3, -0.25) is 4.79 Å². The third-order valence-corrected chi connectivity index (χ3v) is 22.3. The molecule has 17 atom stereocenters. The second-order valence-electron chi connectivity index (χ2n) is 32.1. The summed E-state index contributed by atoms with van der Waals surface area (Å²) in [5, 5.41) is 121. The van der Waals surface area contributed by atoms with Gasteiger partial charge in [-0.1, -0.05) is 358 Å². The Balaban J connectivity index is 1.33. The van der Waals surface area contributed by atoms with Crippen LogP contribution in [0, 0.1) is 0 Å². The molecule has 0 radical (unpaired) electrons. The van der Waals surface area contributed by atoms with E-state index in [1.807, 2.05) is 6.08 Å². The zero-order valence-electron chi connectivity index (χ0n) is 68.3. The number of ether oxygens (including phenoxy) is 6. The van der Waals surface area contributed by atoms with Crippen molar-refractivity contribution in [3.05, 3.63) is 48.6 Å². The van der Waals surface area contributed by atoms with Crippen molar-refractivity contribution in [1.29, 1.82) is 0 Å². The maximum atomic E-state index is 13.5. The molecule has 3 aliphatic rings. The standard InChI is InChI=1S/C89H165NO18/c1-3-5-7-9-11-13-15-17-19-21-23-25-27-29-31-33-34-35-36-37-38-39-41-43-45-47-49-51-53-55-57-59-61-63-65-67-77(95)90-72(73(94)66-64-62-60-58-56-54-52-50-48-46-44-42-40-32-30-28-26-24-22-20-18-16-14-12-10-8-6-4-2)71-103-87-83(101)80(98)85(75(69-92)105-87)108-89-84(102)81(99)86(76(70-93)106-89)107-88-82(100)79(97)78(96)74(68-91)104-88/h15,17,21,23,56,58,64,66,72-76,78-89,91-94,96-102H,3-14,16,18-20,22,24-55,57,59-63,65,67-71H2,1-2H3,(H,90,95)/b17-15-,23-21-,58-56+,66-64+. The van der Waals surface area contributed by atoms with Crippen LogP contribution < -0.4 is 5.32 Å². The van der Waals surface area contributed by atoms with E-state index in [9.17, 15) is 61.0 Å². The Morgan fingerprint density at radius 3 is 0.981 bits per heavy atom. The van der Waals surface area contributed by atoms with Gasteiger partial charge in [0.25, 0.3) is 0 Å². The number of carbonyl (C=O) groups is 1. The van der Waals surface area contributed by atoms with Gasteiger partial charge in [-0.25, -0.2) is 0 Å². The van der Waals surface area contributed by atoms with E-state index in [1.54, 1.807) is 6.08 Å². The van der Waals surface area contributed by atoms with Crippen molar-refractivity contribution in [3.8, 4) is 0 Å². The fraction of sp³-hybridized carbons (Fsp3) is 0.899.